The lowest BCUT2D eigenvalue weighted by Gasteiger charge is -2.28. The highest BCUT2D eigenvalue weighted by molar-refractivity contribution is 7.09. The first-order valence-electron chi connectivity index (χ1n) is 5.96. The maximum atomic E-state index is 12.5. The van der Waals surface area contributed by atoms with Gasteiger partial charge in [0.1, 0.15) is 0 Å². The summed E-state index contributed by atoms with van der Waals surface area (Å²) < 4.78 is 40.9. The van der Waals surface area contributed by atoms with Crippen molar-refractivity contribution in [2.24, 2.45) is 0 Å². The molecule has 1 aromatic carbocycles. The van der Waals surface area contributed by atoms with Crippen molar-refractivity contribution in [1.82, 2.24) is 9.36 Å². The molecule has 0 saturated heterocycles. The molecule has 1 aromatic heterocycles. The van der Waals surface area contributed by atoms with E-state index in [9.17, 15) is 13.2 Å². The van der Waals surface area contributed by atoms with Crippen LogP contribution in [0.25, 0.3) is 0 Å². The quantitative estimate of drug-likeness (QED) is 0.823. The first-order chi connectivity index (χ1) is 9.43. The van der Waals surface area contributed by atoms with Crippen molar-refractivity contribution in [3.63, 3.8) is 0 Å². The smallest absolute Gasteiger partial charge is 0.399 e. The van der Waals surface area contributed by atoms with Crippen molar-refractivity contribution in [3.05, 3.63) is 35.2 Å². The molecule has 0 unspecified atom stereocenters. The second-order valence-corrected chi connectivity index (χ2v) is 5.33. The SMILES string of the molecule is Nc1ccc2c(c1)CN(c1nc(C(F)(F)F)ns1)CC2. The number of aromatic nitrogens is 2. The predicted octanol–water partition coefficient (Wildman–Crippen LogP) is 2.70. The van der Waals surface area contributed by atoms with Gasteiger partial charge in [-0.25, -0.2) is 0 Å². The monoisotopic (exact) mass is 300 g/mol. The molecule has 0 bridgehead atoms. The number of hydrogen-bond acceptors (Lipinski definition) is 5. The molecule has 0 fully saturated rings. The van der Waals surface area contributed by atoms with Crippen molar-refractivity contribution in [3.8, 4) is 0 Å². The van der Waals surface area contributed by atoms with Gasteiger partial charge in [-0.2, -0.15) is 22.5 Å². The molecule has 0 radical (unpaired) electrons. The number of nitrogens with two attached hydrogens (primary N) is 1. The van der Waals surface area contributed by atoms with Crippen LogP contribution in [0.4, 0.5) is 24.0 Å². The number of rotatable bonds is 1. The lowest BCUT2D eigenvalue weighted by Crippen LogP contribution is -2.30. The largest absolute Gasteiger partial charge is 0.452 e. The second-order valence-electron chi connectivity index (χ2n) is 4.60. The highest BCUT2D eigenvalue weighted by Crippen LogP contribution is 2.32. The normalized spacial score (nSPS) is 15.2. The number of nitrogens with zero attached hydrogens (tertiary/aromatic N) is 3. The molecule has 1 aliphatic rings. The number of alkyl halides is 3. The predicted molar refractivity (Wildman–Crippen MR) is 70.5 cm³/mol. The van der Waals surface area contributed by atoms with Crippen LogP contribution < -0.4 is 10.6 Å². The molecule has 1 aliphatic heterocycles. The number of halogens is 3. The fraction of sp³-hybridized carbons (Fsp3) is 0.333. The molecule has 0 saturated carbocycles. The van der Waals surface area contributed by atoms with E-state index in [0.717, 1.165) is 23.5 Å². The number of anilines is 2. The molecule has 8 heteroatoms. The van der Waals surface area contributed by atoms with E-state index in [1.807, 2.05) is 18.2 Å². The molecular formula is C12H11F3N4S. The highest BCUT2D eigenvalue weighted by atomic mass is 32.1. The number of nitrogen functional groups attached to an aromatic ring is 1. The molecule has 0 amide bonds. The Morgan fingerprint density at radius 2 is 2.05 bits per heavy atom. The molecule has 20 heavy (non-hydrogen) atoms. The Morgan fingerprint density at radius 1 is 1.25 bits per heavy atom. The van der Waals surface area contributed by atoms with Gasteiger partial charge in [0, 0.05) is 30.3 Å². The fourth-order valence-corrected chi connectivity index (χ4v) is 2.91. The van der Waals surface area contributed by atoms with E-state index in [0.29, 0.717) is 23.9 Å². The zero-order valence-electron chi connectivity index (χ0n) is 10.3. The summed E-state index contributed by atoms with van der Waals surface area (Å²) in [4.78, 5) is 5.38. The molecule has 106 valence electrons. The van der Waals surface area contributed by atoms with Crippen molar-refractivity contribution in [2.45, 2.75) is 19.1 Å². The zero-order valence-corrected chi connectivity index (χ0v) is 11.1. The van der Waals surface area contributed by atoms with E-state index in [-0.39, 0.29) is 0 Å². The standard InChI is InChI=1S/C12H11F3N4S/c13-12(14,15)10-17-11(20-18-10)19-4-3-7-1-2-9(16)5-8(7)6-19/h1-2,5H,3-4,6,16H2. The summed E-state index contributed by atoms with van der Waals surface area (Å²) in [5.74, 6) is -1.07. The Morgan fingerprint density at radius 3 is 2.75 bits per heavy atom. The van der Waals surface area contributed by atoms with Crippen molar-refractivity contribution in [1.29, 1.82) is 0 Å². The molecular weight excluding hydrogens is 289 g/mol. The van der Waals surface area contributed by atoms with Crippen LogP contribution in [0.1, 0.15) is 17.0 Å². The van der Waals surface area contributed by atoms with Gasteiger partial charge >= 0.3 is 6.18 Å². The van der Waals surface area contributed by atoms with Crippen LogP contribution in [0.2, 0.25) is 0 Å². The maximum Gasteiger partial charge on any atom is 0.452 e. The summed E-state index contributed by atoms with van der Waals surface area (Å²) in [6, 6.07) is 5.65. The van der Waals surface area contributed by atoms with Gasteiger partial charge in [0.05, 0.1) is 0 Å². The van der Waals surface area contributed by atoms with E-state index in [1.165, 1.54) is 5.56 Å². The lowest BCUT2D eigenvalue weighted by atomic mass is 9.99. The van der Waals surface area contributed by atoms with Gasteiger partial charge in [0.15, 0.2) is 0 Å². The molecule has 2 aromatic rings. The summed E-state index contributed by atoms with van der Waals surface area (Å²) in [6.45, 7) is 1.14. The minimum atomic E-state index is -4.49. The fourth-order valence-electron chi connectivity index (χ4n) is 2.20. The van der Waals surface area contributed by atoms with E-state index in [1.54, 1.807) is 4.90 Å². The molecule has 4 nitrogen and oxygen atoms in total. The van der Waals surface area contributed by atoms with Gasteiger partial charge in [-0.1, -0.05) is 6.07 Å². The van der Waals surface area contributed by atoms with E-state index >= 15 is 0 Å². The Balaban J connectivity index is 1.85. The number of fused-ring (bicyclic) bond motifs is 1. The first kappa shape index (κ1) is 13.2. The summed E-state index contributed by atoms with van der Waals surface area (Å²) in [6.07, 6.45) is -3.73. The summed E-state index contributed by atoms with van der Waals surface area (Å²) in [5, 5.41) is 0.297. The summed E-state index contributed by atoms with van der Waals surface area (Å²) in [5.41, 5.74) is 8.59. The Labute approximate surface area is 117 Å². The lowest BCUT2D eigenvalue weighted by molar-refractivity contribution is -0.144. The van der Waals surface area contributed by atoms with Gasteiger partial charge in [0.2, 0.25) is 11.0 Å². The topological polar surface area (TPSA) is 55.0 Å². The van der Waals surface area contributed by atoms with Crippen LogP contribution in [0.15, 0.2) is 18.2 Å². The van der Waals surface area contributed by atoms with Crippen molar-refractivity contribution in [2.75, 3.05) is 17.2 Å². The second kappa shape index (κ2) is 4.62. The number of benzene rings is 1. The molecule has 2 heterocycles. The van der Waals surface area contributed by atoms with Crippen LogP contribution in [-0.2, 0) is 19.1 Å². The average molecular weight is 300 g/mol. The first-order valence-corrected chi connectivity index (χ1v) is 6.74. The van der Waals surface area contributed by atoms with Gasteiger partial charge in [-0.15, -0.1) is 0 Å². The molecule has 3 rings (SSSR count). The van der Waals surface area contributed by atoms with Crippen LogP contribution in [-0.4, -0.2) is 15.9 Å². The van der Waals surface area contributed by atoms with Crippen LogP contribution in [0.3, 0.4) is 0 Å². The zero-order chi connectivity index (χ0) is 14.3. The third-order valence-electron chi connectivity index (χ3n) is 3.18. The Hall–Kier alpha value is -1.83. The van der Waals surface area contributed by atoms with Crippen LogP contribution in [0, 0.1) is 0 Å². The summed E-state index contributed by atoms with van der Waals surface area (Å²) >= 11 is 0.775. The van der Waals surface area contributed by atoms with Crippen LogP contribution in [0.5, 0.6) is 0 Å². The van der Waals surface area contributed by atoms with Gasteiger partial charge in [0.25, 0.3) is 0 Å². The van der Waals surface area contributed by atoms with Gasteiger partial charge < -0.3 is 10.6 Å². The summed E-state index contributed by atoms with van der Waals surface area (Å²) in [7, 11) is 0. The van der Waals surface area contributed by atoms with Gasteiger partial charge in [-0.3, -0.25) is 0 Å². The highest BCUT2D eigenvalue weighted by Gasteiger charge is 2.36. The van der Waals surface area contributed by atoms with E-state index < -0.39 is 12.0 Å². The van der Waals surface area contributed by atoms with Crippen LogP contribution >= 0.6 is 11.5 Å². The third kappa shape index (κ3) is 2.43. The van der Waals surface area contributed by atoms with Crippen molar-refractivity contribution >= 4 is 22.4 Å². The third-order valence-corrected chi connectivity index (χ3v) is 3.96. The molecule has 2 N–H and O–H groups in total. The van der Waals surface area contributed by atoms with E-state index in [4.69, 9.17) is 5.73 Å². The Bertz CT molecular complexity index is 638. The van der Waals surface area contributed by atoms with E-state index in [2.05, 4.69) is 9.36 Å². The molecule has 0 atom stereocenters. The van der Waals surface area contributed by atoms with Crippen molar-refractivity contribution < 1.29 is 13.2 Å². The number of hydrogen-bond donors (Lipinski definition) is 1. The van der Waals surface area contributed by atoms with Gasteiger partial charge in [-0.05, 0) is 29.7 Å². The molecule has 0 aliphatic carbocycles. The Kier molecular flexibility index (Phi) is 3.04. The minimum absolute atomic E-state index is 0.297. The average Bonchev–Trinajstić information content (AvgIpc) is 2.87. The minimum Gasteiger partial charge on any atom is -0.399 e. The molecule has 0 spiro atoms. The maximum absolute atomic E-state index is 12.5.